The summed E-state index contributed by atoms with van der Waals surface area (Å²) in [4.78, 5) is 20.3. The molecular formula is C17H20Cl2N4O. The van der Waals surface area contributed by atoms with Crippen molar-refractivity contribution in [3.05, 3.63) is 51.9 Å². The van der Waals surface area contributed by atoms with Crippen LogP contribution in [0, 0.1) is 0 Å². The average molecular weight is 367 g/mol. The van der Waals surface area contributed by atoms with Crippen LogP contribution in [0.15, 0.2) is 30.6 Å². The number of nitrogens with one attached hydrogen (secondary N) is 2. The highest BCUT2D eigenvalue weighted by molar-refractivity contribution is 6.35. The van der Waals surface area contributed by atoms with Crippen molar-refractivity contribution in [2.75, 3.05) is 18.4 Å². The molecule has 128 valence electrons. The maximum absolute atomic E-state index is 12.2. The van der Waals surface area contributed by atoms with Crippen LogP contribution in [0.4, 0.5) is 5.82 Å². The van der Waals surface area contributed by atoms with E-state index < -0.39 is 0 Å². The van der Waals surface area contributed by atoms with Gasteiger partial charge < -0.3 is 10.6 Å². The molecule has 7 heteroatoms. The van der Waals surface area contributed by atoms with Crippen LogP contribution in [0.2, 0.25) is 10.0 Å². The third-order valence-electron chi connectivity index (χ3n) is 3.43. The van der Waals surface area contributed by atoms with Gasteiger partial charge in [0, 0.05) is 29.2 Å². The van der Waals surface area contributed by atoms with Crippen LogP contribution in [-0.4, -0.2) is 29.0 Å². The number of aromatic nitrogens is 2. The Morgan fingerprint density at radius 2 is 2.00 bits per heavy atom. The quantitative estimate of drug-likeness (QED) is 0.693. The van der Waals surface area contributed by atoms with Crippen LogP contribution < -0.4 is 10.6 Å². The van der Waals surface area contributed by atoms with Gasteiger partial charge in [0.25, 0.3) is 5.91 Å². The molecule has 0 aliphatic carbocycles. The first-order valence-electron chi connectivity index (χ1n) is 7.88. The minimum absolute atomic E-state index is 0.235. The molecule has 0 saturated heterocycles. The van der Waals surface area contributed by atoms with Gasteiger partial charge in [-0.25, -0.2) is 9.97 Å². The molecule has 0 atom stereocenters. The number of anilines is 1. The summed E-state index contributed by atoms with van der Waals surface area (Å²) < 4.78 is 0. The van der Waals surface area contributed by atoms with E-state index in [2.05, 4.69) is 27.5 Å². The van der Waals surface area contributed by atoms with Gasteiger partial charge in [-0.2, -0.15) is 0 Å². The lowest BCUT2D eigenvalue weighted by atomic mass is 10.1. The Balaban J connectivity index is 1.87. The van der Waals surface area contributed by atoms with Crippen LogP contribution in [0.3, 0.4) is 0 Å². The van der Waals surface area contributed by atoms with E-state index in [4.69, 9.17) is 23.2 Å². The maximum atomic E-state index is 12.2. The zero-order valence-corrected chi connectivity index (χ0v) is 15.0. The standard InChI is InChI=1S/C17H20Cl2N4O/c1-2-3-7-20-16-10-15(22-11-23-16)17(24)21-8-6-12-4-5-13(18)9-14(12)19/h4-5,9-11H,2-3,6-8H2,1H3,(H,21,24)(H,20,22,23). The van der Waals surface area contributed by atoms with Crippen LogP contribution in [0.25, 0.3) is 0 Å². The minimum atomic E-state index is -0.235. The number of carbonyl (C=O) groups excluding carboxylic acids is 1. The molecule has 0 spiro atoms. The van der Waals surface area contributed by atoms with E-state index in [-0.39, 0.29) is 5.91 Å². The third-order valence-corrected chi connectivity index (χ3v) is 4.02. The highest BCUT2D eigenvalue weighted by Crippen LogP contribution is 2.21. The second-order valence-corrected chi connectivity index (χ2v) is 6.15. The summed E-state index contributed by atoms with van der Waals surface area (Å²) in [6.07, 6.45) is 4.15. The number of halogens is 2. The molecule has 0 saturated carbocycles. The van der Waals surface area contributed by atoms with Crippen molar-refractivity contribution in [3.8, 4) is 0 Å². The number of nitrogens with zero attached hydrogens (tertiary/aromatic N) is 2. The zero-order chi connectivity index (χ0) is 17.4. The first kappa shape index (κ1) is 18.5. The zero-order valence-electron chi connectivity index (χ0n) is 13.5. The third kappa shape index (κ3) is 5.65. The fraction of sp³-hybridized carbons (Fsp3) is 0.353. The highest BCUT2D eigenvalue weighted by Gasteiger charge is 2.09. The molecule has 1 amide bonds. The highest BCUT2D eigenvalue weighted by atomic mass is 35.5. The van der Waals surface area contributed by atoms with Crippen LogP contribution in [0.5, 0.6) is 0 Å². The summed E-state index contributed by atoms with van der Waals surface area (Å²) in [6.45, 7) is 3.40. The van der Waals surface area contributed by atoms with Crippen molar-refractivity contribution in [2.24, 2.45) is 0 Å². The number of amides is 1. The Bertz CT molecular complexity index is 694. The van der Waals surface area contributed by atoms with Crippen molar-refractivity contribution < 1.29 is 4.79 Å². The van der Waals surface area contributed by atoms with Crippen LogP contribution in [0.1, 0.15) is 35.8 Å². The predicted octanol–water partition coefficient (Wildman–Crippen LogP) is 3.97. The summed E-state index contributed by atoms with van der Waals surface area (Å²) in [5.41, 5.74) is 1.28. The smallest absolute Gasteiger partial charge is 0.270 e. The minimum Gasteiger partial charge on any atom is -0.370 e. The number of hydrogen-bond acceptors (Lipinski definition) is 4. The molecule has 0 aliphatic rings. The summed E-state index contributed by atoms with van der Waals surface area (Å²) >= 11 is 12.0. The van der Waals surface area contributed by atoms with Gasteiger partial charge in [0.2, 0.25) is 0 Å². The van der Waals surface area contributed by atoms with E-state index in [1.165, 1.54) is 6.33 Å². The second kappa shape index (κ2) is 9.45. The van der Waals surface area contributed by atoms with E-state index in [9.17, 15) is 4.79 Å². The molecule has 0 fully saturated rings. The molecule has 24 heavy (non-hydrogen) atoms. The SMILES string of the molecule is CCCCNc1cc(C(=O)NCCc2ccc(Cl)cc2Cl)ncn1. The Morgan fingerprint density at radius 1 is 1.17 bits per heavy atom. The number of benzene rings is 1. The maximum Gasteiger partial charge on any atom is 0.270 e. The Morgan fingerprint density at radius 3 is 2.75 bits per heavy atom. The van der Waals surface area contributed by atoms with Gasteiger partial charge >= 0.3 is 0 Å². The lowest BCUT2D eigenvalue weighted by Crippen LogP contribution is -2.26. The lowest BCUT2D eigenvalue weighted by Gasteiger charge is -2.08. The number of rotatable bonds is 8. The van der Waals surface area contributed by atoms with Crippen molar-refractivity contribution in [1.29, 1.82) is 0 Å². The Labute approximate surface area is 151 Å². The molecule has 0 unspecified atom stereocenters. The molecular weight excluding hydrogens is 347 g/mol. The molecule has 1 aromatic carbocycles. The summed E-state index contributed by atoms with van der Waals surface area (Å²) in [6, 6.07) is 6.99. The van der Waals surface area contributed by atoms with Crippen molar-refractivity contribution in [1.82, 2.24) is 15.3 Å². The number of unbranched alkanes of at least 4 members (excludes halogenated alkanes) is 1. The van der Waals surface area contributed by atoms with E-state index in [1.807, 2.05) is 6.07 Å². The lowest BCUT2D eigenvalue weighted by molar-refractivity contribution is 0.0949. The molecule has 0 radical (unpaired) electrons. The predicted molar refractivity (Wildman–Crippen MR) is 97.9 cm³/mol. The molecule has 1 aromatic heterocycles. The Hall–Kier alpha value is -1.85. The fourth-order valence-corrected chi connectivity index (χ4v) is 2.60. The average Bonchev–Trinajstić information content (AvgIpc) is 2.57. The second-order valence-electron chi connectivity index (χ2n) is 5.31. The van der Waals surface area contributed by atoms with E-state index in [1.54, 1.807) is 18.2 Å². The van der Waals surface area contributed by atoms with Gasteiger partial charge in [-0.15, -0.1) is 0 Å². The van der Waals surface area contributed by atoms with Crippen molar-refractivity contribution >= 4 is 34.9 Å². The van der Waals surface area contributed by atoms with Gasteiger partial charge in [0.1, 0.15) is 17.8 Å². The first-order valence-corrected chi connectivity index (χ1v) is 8.63. The molecule has 0 bridgehead atoms. The molecule has 0 aliphatic heterocycles. The molecule has 2 N–H and O–H groups in total. The normalized spacial score (nSPS) is 10.5. The van der Waals surface area contributed by atoms with Crippen molar-refractivity contribution in [3.63, 3.8) is 0 Å². The van der Waals surface area contributed by atoms with Gasteiger partial charge in [-0.1, -0.05) is 42.6 Å². The molecule has 2 rings (SSSR count). The summed E-state index contributed by atoms with van der Waals surface area (Å²) in [5.74, 6) is 0.422. The van der Waals surface area contributed by atoms with Crippen LogP contribution in [-0.2, 0) is 6.42 Å². The van der Waals surface area contributed by atoms with Gasteiger partial charge in [-0.05, 0) is 30.5 Å². The fourth-order valence-electron chi connectivity index (χ4n) is 2.10. The molecule has 5 nitrogen and oxygen atoms in total. The summed E-state index contributed by atoms with van der Waals surface area (Å²) in [5, 5.41) is 7.20. The van der Waals surface area contributed by atoms with E-state index >= 15 is 0 Å². The van der Waals surface area contributed by atoms with E-state index in [0.29, 0.717) is 34.5 Å². The largest absolute Gasteiger partial charge is 0.370 e. The van der Waals surface area contributed by atoms with Gasteiger partial charge in [-0.3, -0.25) is 4.79 Å². The van der Waals surface area contributed by atoms with E-state index in [0.717, 1.165) is 24.9 Å². The topological polar surface area (TPSA) is 66.9 Å². The summed E-state index contributed by atoms with van der Waals surface area (Å²) in [7, 11) is 0. The molecule has 1 heterocycles. The Kier molecular flexibility index (Phi) is 7.28. The number of hydrogen-bond donors (Lipinski definition) is 2. The molecule has 2 aromatic rings. The van der Waals surface area contributed by atoms with Crippen molar-refractivity contribution in [2.45, 2.75) is 26.2 Å². The van der Waals surface area contributed by atoms with Crippen LogP contribution >= 0.6 is 23.2 Å². The first-order chi connectivity index (χ1) is 11.6. The van der Waals surface area contributed by atoms with Gasteiger partial charge in [0.15, 0.2) is 0 Å². The number of carbonyl (C=O) groups is 1. The monoisotopic (exact) mass is 366 g/mol. The van der Waals surface area contributed by atoms with Gasteiger partial charge in [0.05, 0.1) is 0 Å².